The van der Waals surface area contributed by atoms with E-state index in [-0.39, 0.29) is 24.8 Å². The van der Waals surface area contributed by atoms with Crippen LogP contribution in [0, 0.1) is 12.7 Å². The molecule has 6 nitrogen and oxygen atoms in total. The number of carbonyl (C=O) groups is 2. The van der Waals surface area contributed by atoms with E-state index in [1.165, 1.54) is 12.1 Å². The van der Waals surface area contributed by atoms with Crippen LogP contribution in [0.3, 0.4) is 0 Å². The lowest BCUT2D eigenvalue weighted by Gasteiger charge is -2.08. The standard InChI is InChI=1S/C24H21FN4O2/c1-16-4-3-11-29-15-21(28-24(16)29)18-7-9-20(10-8-18)27-23(31)14-26-22(30)13-17-5-2-6-19(25)12-17/h2-12,15H,13-14H2,1H3,(H,26,30)(H,27,31). The number of nitrogens with zero attached hydrogens (tertiary/aromatic N) is 2. The molecule has 0 atom stereocenters. The Morgan fingerprint density at radius 1 is 1.03 bits per heavy atom. The molecule has 0 unspecified atom stereocenters. The molecular weight excluding hydrogens is 395 g/mol. The number of carbonyl (C=O) groups excluding carboxylic acids is 2. The summed E-state index contributed by atoms with van der Waals surface area (Å²) in [5.74, 6) is -1.09. The van der Waals surface area contributed by atoms with Crippen LogP contribution in [-0.4, -0.2) is 27.7 Å². The van der Waals surface area contributed by atoms with E-state index in [2.05, 4.69) is 15.6 Å². The maximum Gasteiger partial charge on any atom is 0.243 e. The largest absolute Gasteiger partial charge is 0.347 e. The van der Waals surface area contributed by atoms with Crippen molar-refractivity contribution in [1.82, 2.24) is 14.7 Å². The summed E-state index contributed by atoms with van der Waals surface area (Å²) in [5, 5.41) is 5.29. The normalized spacial score (nSPS) is 10.8. The summed E-state index contributed by atoms with van der Waals surface area (Å²) in [5.41, 5.74) is 4.95. The summed E-state index contributed by atoms with van der Waals surface area (Å²) in [6, 6.07) is 17.2. The smallest absolute Gasteiger partial charge is 0.243 e. The molecule has 0 saturated carbocycles. The van der Waals surface area contributed by atoms with E-state index >= 15 is 0 Å². The predicted octanol–water partition coefficient (Wildman–Crippen LogP) is 3.75. The molecule has 4 aromatic rings. The Balaban J connectivity index is 1.32. The summed E-state index contributed by atoms with van der Waals surface area (Å²) in [6.45, 7) is 1.85. The number of imidazole rings is 1. The van der Waals surface area contributed by atoms with Crippen molar-refractivity contribution in [2.45, 2.75) is 13.3 Å². The third-order valence-corrected chi connectivity index (χ3v) is 4.84. The van der Waals surface area contributed by atoms with Gasteiger partial charge in [0.25, 0.3) is 0 Å². The molecule has 2 aromatic carbocycles. The van der Waals surface area contributed by atoms with Crippen LogP contribution in [0.15, 0.2) is 73.1 Å². The van der Waals surface area contributed by atoms with Gasteiger partial charge in [-0.05, 0) is 48.4 Å². The molecule has 0 aliphatic heterocycles. The summed E-state index contributed by atoms with van der Waals surface area (Å²) in [7, 11) is 0. The monoisotopic (exact) mass is 416 g/mol. The first-order valence-electron chi connectivity index (χ1n) is 9.84. The lowest BCUT2D eigenvalue weighted by atomic mass is 10.1. The topological polar surface area (TPSA) is 75.5 Å². The molecule has 4 rings (SSSR count). The number of benzene rings is 2. The maximum absolute atomic E-state index is 13.2. The predicted molar refractivity (Wildman–Crippen MR) is 117 cm³/mol. The Hall–Kier alpha value is -4.00. The molecule has 0 saturated heterocycles. The zero-order chi connectivity index (χ0) is 21.8. The number of anilines is 1. The molecule has 0 spiro atoms. The summed E-state index contributed by atoms with van der Waals surface area (Å²) in [6.07, 6.45) is 3.93. The van der Waals surface area contributed by atoms with Gasteiger partial charge in [0.15, 0.2) is 0 Å². The lowest BCUT2D eigenvalue weighted by Crippen LogP contribution is -2.33. The average molecular weight is 416 g/mol. The maximum atomic E-state index is 13.2. The van der Waals surface area contributed by atoms with Gasteiger partial charge in [-0.2, -0.15) is 0 Å². The van der Waals surface area contributed by atoms with Crippen molar-refractivity contribution in [3.05, 3.63) is 90.0 Å². The number of amides is 2. The van der Waals surface area contributed by atoms with Crippen LogP contribution in [0.4, 0.5) is 10.1 Å². The highest BCUT2D eigenvalue weighted by Gasteiger charge is 2.09. The minimum atomic E-state index is -0.398. The SMILES string of the molecule is Cc1cccn2cc(-c3ccc(NC(=O)CNC(=O)Cc4cccc(F)c4)cc3)nc12. The zero-order valence-corrected chi connectivity index (χ0v) is 16.9. The number of hydrogen-bond acceptors (Lipinski definition) is 3. The summed E-state index contributed by atoms with van der Waals surface area (Å²) < 4.78 is 15.2. The zero-order valence-electron chi connectivity index (χ0n) is 16.9. The molecular formula is C24H21FN4O2. The van der Waals surface area contributed by atoms with Gasteiger partial charge >= 0.3 is 0 Å². The van der Waals surface area contributed by atoms with Crippen LogP contribution >= 0.6 is 0 Å². The molecule has 156 valence electrons. The number of pyridine rings is 1. The molecule has 0 fully saturated rings. The molecule has 2 amide bonds. The Kier molecular flexibility index (Phi) is 5.75. The van der Waals surface area contributed by atoms with Crippen LogP contribution in [0.5, 0.6) is 0 Å². The fourth-order valence-corrected chi connectivity index (χ4v) is 3.30. The van der Waals surface area contributed by atoms with Crippen molar-refractivity contribution >= 4 is 23.1 Å². The Morgan fingerprint density at radius 2 is 1.84 bits per heavy atom. The second-order valence-corrected chi connectivity index (χ2v) is 7.26. The second-order valence-electron chi connectivity index (χ2n) is 7.26. The molecule has 2 N–H and O–H groups in total. The fraction of sp³-hybridized carbons (Fsp3) is 0.125. The van der Waals surface area contributed by atoms with E-state index in [4.69, 9.17) is 0 Å². The first-order valence-corrected chi connectivity index (χ1v) is 9.84. The van der Waals surface area contributed by atoms with Gasteiger partial charge in [0.1, 0.15) is 11.5 Å². The van der Waals surface area contributed by atoms with E-state index < -0.39 is 5.82 Å². The van der Waals surface area contributed by atoms with Crippen LogP contribution in [0.1, 0.15) is 11.1 Å². The third-order valence-electron chi connectivity index (χ3n) is 4.84. The van der Waals surface area contributed by atoms with Crippen molar-refractivity contribution in [2.24, 2.45) is 0 Å². The van der Waals surface area contributed by atoms with E-state index in [9.17, 15) is 14.0 Å². The Morgan fingerprint density at radius 3 is 2.58 bits per heavy atom. The van der Waals surface area contributed by atoms with Gasteiger partial charge in [-0.3, -0.25) is 9.59 Å². The Labute approximate surface area is 178 Å². The van der Waals surface area contributed by atoms with Gasteiger partial charge in [-0.1, -0.05) is 30.3 Å². The fourth-order valence-electron chi connectivity index (χ4n) is 3.30. The van der Waals surface area contributed by atoms with Gasteiger partial charge in [-0.25, -0.2) is 9.37 Å². The van der Waals surface area contributed by atoms with Crippen LogP contribution in [-0.2, 0) is 16.0 Å². The van der Waals surface area contributed by atoms with Gasteiger partial charge in [-0.15, -0.1) is 0 Å². The first-order chi connectivity index (χ1) is 15.0. The summed E-state index contributed by atoms with van der Waals surface area (Å²) in [4.78, 5) is 28.8. The minimum absolute atomic E-state index is 0.0121. The number of nitrogens with one attached hydrogen (secondary N) is 2. The van der Waals surface area contributed by atoms with Crippen LogP contribution < -0.4 is 10.6 Å². The first kappa shape index (κ1) is 20.3. The number of aromatic nitrogens is 2. The molecule has 0 aliphatic rings. The van der Waals surface area contributed by atoms with Gasteiger partial charge in [0.05, 0.1) is 18.7 Å². The number of aryl methyl sites for hydroxylation is 1. The lowest BCUT2D eigenvalue weighted by molar-refractivity contribution is -0.123. The second kappa shape index (κ2) is 8.79. The number of fused-ring (bicyclic) bond motifs is 1. The van der Waals surface area contributed by atoms with E-state index in [1.807, 2.05) is 48.0 Å². The number of rotatable bonds is 6. The molecule has 7 heteroatoms. The van der Waals surface area contributed by atoms with Crippen molar-refractivity contribution in [1.29, 1.82) is 0 Å². The molecule has 0 bridgehead atoms. The van der Waals surface area contributed by atoms with E-state index in [1.54, 1.807) is 24.3 Å². The van der Waals surface area contributed by atoms with Crippen LogP contribution in [0.2, 0.25) is 0 Å². The number of halogens is 1. The van der Waals surface area contributed by atoms with Crippen LogP contribution in [0.25, 0.3) is 16.9 Å². The summed E-state index contributed by atoms with van der Waals surface area (Å²) >= 11 is 0. The highest BCUT2D eigenvalue weighted by Crippen LogP contribution is 2.22. The van der Waals surface area contributed by atoms with E-state index in [0.717, 1.165) is 22.5 Å². The quantitative estimate of drug-likeness (QED) is 0.503. The highest BCUT2D eigenvalue weighted by atomic mass is 19.1. The minimum Gasteiger partial charge on any atom is -0.347 e. The van der Waals surface area contributed by atoms with Crippen molar-refractivity contribution in [2.75, 3.05) is 11.9 Å². The molecule has 2 heterocycles. The Bertz CT molecular complexity index is 1250. The average Bonchev–Trinajstić information content (AvgIpc) is 3.19. The van der Waals surface area contributed by atoms with Gasteiger partial charge < -0.3 is 15.0 Å². The van der Waals surface area contributed by atoms with Crippen molar-refractivity contribution in [3.63, 3.8) is 0 Å². The van der Waals surface area contributed by atoms with E-state index in [0.29, 0.717) is 11.3 Å². The van der Waals surface area contributed by atoms with Crippen molar-refractivity contribution in [3.8, 4) is 11.3 Å². The molecule has 31 heavy (non-hydrogen) atoms. The van der Waals surface area contributed by atoms with Crippen molar-refractivity contribution < 1.29 is 14.0 Å². The van der Waals surface area contributed by atoms with Gasteiger partial charge in [0.2, 0.25) is 11.8 Å². The van der Waals surface area contributed by atoms with Gasteiger partial charge in [0, 0.05) is 23.6 Å². The number of hydrogen-bond donors (Lipinski definition) is 2. The highest BCUT2D eigenvalue weighted by molar-refractivity contribution is 5.94. The molecule has 0 radical (unpaired) electrons. The molecule has 2 aromatic heterocycles. The molecule has 0 aliphatic carbocycles. The third kappa shape index (κ3) is 4.95.